The van der Waals surface area contributed by atoms with Gasteiger partial charge in [-0.2, -0.15) is 5.10 Å². The van der Waals surface area contributed by atoms with Gasteiger partial charge in [0.25, 0.3) is 11.6 Å². The smallest absolute Gasteiger partial charge is 0.286 e. The number of fused-ring (bicyclic) bond motifs is 1. The highest BCUT2D eigenvalue weighted by atomic mass is 32.2. The van der Waals surface area contributed by atoms with Gasteiger partial charge in [0, 0.05) is 31.5 Å². The molecule has 0 aliphatic heterocycles. The fourth-order valence-electron chi connectivity index (χ4n) is 3.34. The van der Waals surface area contributed by atoms with E-state index in [2.05, 4.69) is 39.5 Å². The van der Waals surface area contributed by atoms with Crippen LogP contribution in [0.3, 0.4) is 0 Å². The van der Waals surface area contributed by atoms with Gasteiger partial charge in [-0.3, -0.25) is 14.9 Å². The summed E-state index contributed by atoms with van der Waals surface area (Å²) < 4.78 is 17.1. The number of carbonyl (C=O) groups excluding carboxylic acids is 1. The summed E-state index contributed by atoms with van der Waals surface area (Å²) in [5.74, 6) is 0.406. The third-order valence-electron chi connectivity index (χ3n) is 4.97. The lowest BCUT2D eigenvalue weighted by molar-refractivity contribution is -0.385. The van der Waals surface area contributed by atoms with Crippen molar-refractivity contribution in [3.8, 4) is 11.5 Å². The second kappa shape index (κ2) is 12.4. The van der Waals surface area contributed by atoms with Crippen LogP contribution in [-0.4, -0.2) is 76.9 Å². The molecule has 13 nitrogen and oxygen atoms in total. The molecule has 36 heavy (non-hydrogen) atoms. The van der Waals surface area contributed by atoms with Gasteiger partial charge >= 0.3 is 0 Å². The number of nitro benzene ring substituents is 1. The molecule has 0 radical (unpaired) electrons. The first-order valence-corrected chi connectivity index (χ1v) is 12.0. The summed E-state index contributed by atoms with van der Waals surface area (Å²) in [5, 5.41) is 23.5. The number of amides is 1. The van der Waals surface area contributed by atoms with E-state index in [1.54, 1.807) is 18.0 Å². The zero-order chi connectivity index (χ0) is 26.2. The van der Waals surface area contributed by atoms with Crippen LogP contribution in [-0.2, 0) is 11.3 Å². The van der Waals surface area contributed by atoms with Crippen molar-refractivity contribution in [2.24, 2.45) is 0 Å². The molecule has 0 aliphatic rings. The molecule has 0 spiro atoms. The molecule has 0 aliphatic carbocycles. The second-order valence-electron chi connectivity index (χ2n) is 7.78. The Morgan fingerprint density at radius 1 is 1.17 bits per heavy atom. The molecule has 1 amide bonds. The van der Waals surface area contributed by atoms with E-state index in [-0.39, 0.29) is 41.1 Å². The molecule has 1 aromatic carbocycles. The number of benzene rings is 1. The maximum atomic E-state index is 12.8. The average Bonchev–Trinajstić information content (AvgIpc) is 3.25. The lowest BCUT2D eigenvalue weighted by atomic mass is 10.1. The normalized spacial score (nSPS) is 11.1. The number of rotatable bonds is 13. The first-order valence-electron chi connectivity index (χ1n) is 11.1. The van der Waals surface area contributed by atoms with Crippen molar-refractivity contribution in [2.75, 3.05) is 46.3 Å². The van der Waals surface area contributed by atoms with Crippen molar-refractivity contribution in [3.63, 3.8) is 0 Å². The Morgan fingerprint density at radius 2 is 1.89 bits per heavy atom. The van der Waals surface area contributed by atoms with E-state index < -0.39 is 10.8 Å². The molecule has 0 bridgehead atoms. The van der Waals surface area contributed by atoms with Gasteiger partial charge in [0.1, 0.15) is 11.4 Å². The summed E-state index contributed by atoms with van der Waals surface area (Å²) in [7, 11) is 4.38. The molecule has 0 atom stereocenters. The number of aromatic nitrogens is 4. The number of carbonyl (C=O) groups is 1. The zero-order valence-electron chi connectivity index (χ0n) is 20.7. The van der Waals surface area contributed by atoms with Crippen LogP contribution < -0.4 is 20.1 Å². The second-order valence-corrected chi connectivity index (χ2v) is 9.33. The monoisotopic (exact) mass is 519 g/mol. The van der Waals surface area contributed by atoms with E-state index in [1.165, 1.54) is 32.0 Å². The van der Waals surface area contributed by atoms with Crippen molar-refractivity contribution in [2.45, 2.75) is 30.8 Å². The fourth-order valence-corrected chi connectivity index (χ4v) is 4.05. The van der Waals surface area contributed by atoms with Crippen LogP contribution in [0.25, 0.3) is 11.0 Å². The molecule has 3 aromatic rings. The van der Waals surface area contributed by atoms with Crippen LogP contribution in [0.2, 0.25) is 0 Å². The number of nitro groups is 1. The topological polar surface area (TPSA) is 156 Å². The molecule has 0 saturated carbocycles. The van der Waals surface area contributed by atoms with Crippen molar-refractivity contribution < 1.29 is 23.9 Å². The molecular weight excluding hydrogens is 490 g/mol. The van der Waals surface area contributed by atoms with Gasteiger partial charge in [-0.25, -0.2) is 14.6 Å². The van der Waals surface area contributed by atoms with Gasteiger partial charge in [-0.05, 0) is 0 Å². The Kier molecular flexibility index (Phi) is 9.25. The lowest BCUT2D eigenvalue weighted by Crippen LogP contribution is -2.28. The largest absolute Gasteiger partial charge is 0.493 e. The molecule has 2 N–H and O–H groups in total. The number of thioether (sulfide) groups is 1. The minimum absolute atomic E-state index is 0.134. The third kappa shape index (κ3) is 6.31. The van der Waals surface area contributed by atoms with E-state index in [1.807, 2.05) is 0 Å². The first-order chi connectivity index (χ1) is 17.3. The Bertz CT molecular complexity index is 1230. The van der Waals surface area contributed by atoms with Gasteiger partial charge in [-0.1, -0.05) is 25.6 Å². The Balaban J connectivity index is 1.80. The van der Waals surface area contributed by atoms with Crippen molar-refractivity contribution in [1.29, 1.82) is 0 Å². The molecule has 3 rings (SSSR count). The van der Waals surface area contributed by atoms with E-state index in [4.69, 9.17) is 14.2 Å². The number of nitrogens with one attached hydrogen (secondary N) is 2. The van der Waals surface area contributed by atoms with Crippen LogP contribution in [0.5, 0.6) is 11.5 Å². The Morgan fingerprint density at radius 3 is 2.53 bits per heavy atom. The summed E-state index contributed by atoms with van der Waals surface area (Å²) in [6.07, 6.45) is 1.66. The number of ether oxygens (including phenoxy) is 3. The average molecular weight is 520 g/mol. The van der Waals surface area contributed by atoms with Crippen LogP contribution in [0.1, 0.15) is 24.2 Å². The lowest BCUT2D eigenvalue weighted by Gasteiger charge is -2.12. The predicted molar refractivity (Wildman–Crippen MR) is 135 cm³/mol. The van der Waals surface area contributed by atoms with Crippen LogP contribution in [0, 0.1) is 10.1 Å². The predicted octanol–water partition coefficient (Wildman–Crippen LogP) is 2.74. The maximum Gasteiger partial charge on any atom is 0.286 e. The summed E-state index contributed by atoms with van der Waals surface area (Å²) in [5.41, 5.74) is 0.0921. The number of hydrogen-bond acceptors (Lipinski definition) is 11. The standard InChI is InChI=1S/C22H29N7O6S/c1-13(2)36-22-26-19(23-7-9-33-3)15-12-25-28(20(15)27-22)8-6-24-21(30)14-10-17(34-4)18(35-5)11-16(14)29(31)32/h10-13H,6-9H2,1-5H3,(H,24,30)(H,23,26,27). The minimum Gasteiger partial charge on any atom is -0.493 e. The summed E-state index contributed by atoms with van der Waals surface area (Å²) in [6, 6.07) is 2.45. The maximum absolute atomic E-state index is 12.8. The molecule has 0 saturated heterocycles. The van der Waals surface area contributed by atoms with E-state index in [0.29, 0.717) is 29.8 Å². The molecule has 14 heteroatoms. The quantitative estimate of drug-likeness (QED) is 0.113. The highest BCUT2D eigenvalue weighted by Crippen LogP contribution is 2.34. The summed E-state index contributed by atoms with van der Waals surface area (Å²) >= 11 is 1.53. The zero-order valence-corrected chi connectivity index (χ0v) is 21.5. The highest BCUT2D eigenvalue weighted by molar-refractivity contribution is 7.99. The van der Waals surface area contributed by atoms with Gasteiger partial charge in [0.2, 0.25) is 0 Å². The highest BCUT2D eigenvalue weighted by Gasteiger charge is 2.24. The molecule has 0 fully saturated rings. The van der Waals surface area contributed by atoms with Crippen molar-refractivity contribution >= 4 is 40.2 Å². The van der Waals surface area contributed by atoms with Gasteiger partial charge < -0.3 is 24.8 Å². The number of hydrogen-bond donors (Lipinski definition) is 2. The van der Waals surface area contributed by atoms with Gasteiger partial charge in [0.05, 0.1) is 49.9 Å². The Labute approximate surface area is 212 Å². The van der Waals surface area contributed by atoms with Crippen LogP contribution in [0.4, 0.5) is 11.5 Å². The molecule has 0 unspecified atom stereocenters. The van der Waals surface area contributed by atoms with Crippen molar-refractivity contribution in [1.82, 2.24) is 25.1 Å². The van der Waals surface area contributed by atoms with Crippen LogP contribution in [0.15, 0.2) is 23.5 Å². The SMILES string of the molecule is COCCNc1nc(SC(C)C)nc2c1cnn2CCNC(=O)c1cc(OC)c(OC)cc1[N+](=O)[O-]. The van der Waals surface area contributed by atoms with E-state index in [0.717, 1.165) is 11.5 Å². The van der Waals surface area contributed by atoms with Gasteiger partial charge in [0.15, 0.2) is 22.3 Å². The number of anilines is 1. The molecule has 194 valence electrons. The minimum atomic E-state index is -0.638. The van der Waals surface area contributed by atoms with E-state index in [9.17, 15) is 14.9 Å². The van der Waals surface area contributed by atoms with Crippen LogP contribution >= 0.6 is 11.8 Å². The summed E-state index contributed by atoms with van der Waals surface area (Å²) in [4.78, 5) is 33.0. The Hall–Kier alpha value is -3.65. The first kappa shape index (κ1) is 26.9. The molecular formula is C22H29N7O6S. The molecule has 2 aromatic heterocycles. The molecule has 2 heterocycles. The summed E-state index contributed by atoms with van der Waals surface area (Å²) in [6.45, 7) is 5.63. The third-order valence-corrected chi connectivity index (χ3v) is 5.83. The van der Waals surface area contributed by atoms with E-state index >= 15 is 0 Å². The fraction of sp³-hybridized carbons (Fsp3) is 0.455. The van der Waals surface area contributed by atoms with Gasteiger partial charge in [-0.15, -0.1) is 0 Å². The number of nitrogens with zero attached hydrogens (tertiary/aromatic N) is 5. The number of methoxy groups -OCH3 is 3. The van der Waals surface area contributed by atoms with Crippen molar-refractivity contribution in [3.05, 3.63) is 34.0 Å².